The number of halogens is 1. The lowest BCUT2D eigenvalue weighted by molar-refractivity contribution is -0.385. The fourth-order valence-corrected chi connectivity index (χ4v) is 4.56. The number of piperazine rings is 1. The van der Waals surface area contributed by atoms with Crippen LogP contribution in [0.15, 0.2) is 60.7 Å². The molecule has 37 heavy (non-hydrogen) atoms. The summed E-state index contributed by atoms with van der Waals surface area (Å²) in [7, 11) is 0. The smallest absolute Gasteiger partial charge is 0.311 e. The van der Waals surface area contributed by atoms with E-state index in [-0.39, 0.29) is 29.5 Å². The number of carbonyl (C=O) groups excluding carboxylic acids is 2. The SMILES string of the molecule is CCOc1ccc(C(=O)Nc2ccc(N3CCN(C(=O)c4ccccc4C)CC3)c(Cl)c2)cc1[N+](=O)[O-]. The van der Waals surface area contributed by atoms with Crippen molar-refractivity contribution in [2.75, 3.05) is 43.0 Å². The largest absolute Gasteiger partial charge is 0.487 e. The Balaban J connectivity index is 1.41. The molecule has 1 N–H and O–H groups in total. The van der Waals surface area contributed by atoms with Crippen LogP contribution in [-0.2, 0) is 0 Å². The van der Waals surface area contributed by atoms with E-state index in [0.29, 0.717) is 42.5 Å². The molecule has 4 rings (SSSR count). The third-order valence-corrected chi connectivity index (χ3v) is 6.51. The highest BCUT2D eigenvalue weighted by atomic mass is 35.5. The number of carbonyl (C=O) groups is 2. The lowest BCUT2D eigenvalue weighted by Gasteiger charge is -2.36. The van der Waals surface area contributed by atoms with Gasteiger partial charge in [0.05, 0.1) is 22.2 Å². The zero-order chi connectivity index (χ0) is 26.5. The molecule has 0 saturated carbocycles. The number of nitro benzene ring substituents is 1. The van der Waals surface area contributed by atoms with Gasteiger partial charge in [-0.1, -0.05) is 29.8 Å². The zero-order valence-corrected chi connectivity index (χ0v) is 21.3. The van der Waals surface area contributed by atoms with Crippen molar-refractivity contribution in [3.63, 3.8) is 0 Å². The molecule has 9 nitrogen and oxygen atoms in total. The zero-order valence-electron chi connectivity index (χ0n) is 20.6. The van der Waals surface area contributed by atoms with Crippen LogP contribution < -0.4 is 15.0 Å². The number of nitrogens with zero attached hydrogens (tertiary/aromatic N) is 3. The maximum Gasteiger partial charge on any atom is 0.311 e. The summed E-state index contributed by atoms with van der Waals surface area (Å²) in [5, 5.41) is 14.5. The van der Waals surface area contributed by atoms with Crippen LogP contribution in [0.4, 0.5) is 17.1 Å². The molecule has 10 heteroatoms. The highest BCUT2D eigenvalue weighted by Gasteiger charge is 2.24. The van der Waals surface area contributed by atoms with Gasteiger partial charge in [-0.3, -0.25) is 19.7 Å². The molecule has 1 fully saturated rings. The lowest BCUT2D eigenvalue weighted by atomic mass is 10.1. The van der Waals surface area contributed by atoms with Crippen LogP contribution in [0, 0.1) is 17.0 Å². The number of hydrogen-bond acceptors (Lipinski definition) is 6. The van der Waals surface area contributed by atoms with Crippen LogP contribution in [0.2, 0.25) is 5.02 Å². The van der Waals surface area contributed by atoms with Gasteiger partial charge in [-0.2, -0.15) is 0 Å². The van der Waals surface area contributed by atoms with Gasteiger partial charge >= 0.3 is 5.69 Å². The Morgan fingerprint density at radius 2 is 1.78 bits per heavy atom. The predicted octanol–water partition coefficient (Wildman–Crippen LogP) is 5.17. The highest BCUT2D eigenvalue weighted by molar-refractivity contribution is 6.33. The molecular formula is C27H27ClN4O5. The first-order valence-corrected chi connectivity index (χ1v) is 12.3. The van der Waals surface area contributed by atoms with Crippen molar-refractivity contribution in [3.05, 3.63) is 92.5 Å². The first-order chi connectivity index (χ1) is 17.8. The standard InChI is InChI=1S/C27H27ClN4O5/c1-3-37-25-11-8-19(16-24(25)32(35)36)26(33)29-20-9-10-23(22(28)17-20)30-12-14-31(15-13-30)27(34)21-7-5-4-6-18(21)2/h4-11,16-17H,3,12-15H2,1-2H3,(H,29,33). The predicted molar refractivity (Wildman–Crippen MR) is 143 cm³/mol. The summed E-state index contributed by atoms with van der Waals surface area (Å²) in [6, 6.07) is 16.8. The summed E-state index contributed by atoms with van der Waals surface area (Å²) >= 11 is 6.55. The molecule has 1 aliphatic rings. The molecule has 1 heterocycles. The molecule has 0 bridgehead atoms. The van der Waals surface area contributed by atoms with E-state index in [4.69, 9.17) is 16.3 Å². The minimum Gasteiger partial charge on any atom is -0.487 e. The maximum absolute atomic E-state index is 12.9. The van der Waals surface area contributed by atoms with Crippen molar-refractivity contribution < 1.29 is 19.2 Å². The Kier molecular flexibility index (Phi) is 7.93. The Morgan fingerprint density at radius 3 is 2.43 bits per heavy atom. The lowest BCUT2D eigenvalue weighted by Crippen LogP contribution is -2.49. The van der Waals surface area contributed by atoms with Gasteiger partial charge in [-0.15, -0.1) is 0 Å². The number of anilines is 2. The molecule has 3 aromatic carbocycles. The van der Waals surface area contributed by atoms with E-state index in [1.54, 1.807) is 19.1 Å². The second-order valence-corrected chi connectivity index (χ2v) is 8.99. The quantitative estimate of drug-likeness (QED) is 0.339. The van der Waals surface area contributed by atoms with Gasteiger partial charge in [-0.25, -0.2) is 0 Å². The molecule has 0 aliphatic carbocycles. The van der Waals surface area contributed by atoms with Crippen LogP contribution >= 0.6 is 11.6 Å². The van der Waals surface area contributed by atoms with Gasteiger partial charge in [0.2, 0.25) is 0 Å². The number of rotatable bonds is 7. The molecule has 0 atom stereocenters. The summed E-state index contributed by atoms with van der Waals surface area (Å²) in [5.41, 5.74) is 2.79. The van der Waals surface area contributed by atoms with Gasteiger partial charge in [-0.05, 0) is 55.8 Å². The first-order valence-electron chi connectivity index (χ1n) is 11.9. The minimum absolute atomic E-state index is 0.0245. The Labute approximate surface area is 219 Å². The maximum atomic E-state index is 12.9. The third kappa shape index (κ3) is 5.83. The van der Waals surface area contributed by atoms with E-state index in [1.807, 2.05) is 42.2 Å². The summed E-state index contributed by atoms with van der Waals surface area (Å²) in [4.78, 5) is 40.4. The summed E-state index contributed by atoms with van der Waals surface area (Å²) in [5.74, 6) is -0.369. The van der Waals surface area contributed by atoms with Gasteiger partial charge in [0.25, 0.3) is 11.8 Å². The highest BCUT2D eigenvalue weighted by Crippen LogP contribution is 2.31. The molecule has 0 spiro atoms. The number of nitrogens with one attached hydrogen (secondary N) is 1. The van der Waals surface area contributed by atoms with Crippen molar-refractivity contribution in [2.24, 2.45) is 0 Å². The van der Waals surface area contributed by atoms with Crippen molar-refractivity contribution in [1.82, 2.24) is 4.90 Å². The average Bonchev–Trinajstić information content (AvgIpc) is 2.89. The number of ether oxygens (including phenoxy) is 1. The number of nitro groups is 1. The van der Waals surface area contributed by atoms with Crippen LogP contribution in [-0.4, -0.2) is 54.4 Å². The number of hydrogen-bond donors (Lipinski definition) is 1. The molecule has 0 unspecified atom stereocenters. The fraction of sp³-hybridized carbons (Fsp3) is 0.259. The van der Waals surface area contributed by atoms with Crippen LogP contribution in [0.1, 0.15) is 33.2 Å². The van der Waals surface area contributed by atoms with Crippen LogP contribution in [0.3, 0.4) is 0 Å². The molecule has 0 aromatic heterocycles. The molecular weight excluding hydrogens is 496 g/mol. The number of benzene rings is 3. The average molecular weight is 523 g/mol. The number of amides is 2. The second kappa shape index (κ2) is 11.3. The molecule has 2 amide bonds. The van der Waals surface area contributed by atoms with Crippen LogP contribution in [0.25, 0.3) is 0 Å². The van der Waals surface area contributed by atoms with Crippen molar-refractivity contribution in [1.29, 1.82) is 0 Å². The van der Waals surface area contributed by atoms with Crippen molar-refractivity contribution >= 4 is 40.5 Å². The first kappa shape index (κ1) is 26.0. The normalized spacial score (nSPS) is 13.3. The minimum atomic E-state index is -0.582. The summed E-state index contributed by atoms with van der Waals surface area (Å²) < 4.78 is 5.27. The summed E-state index contributed by atoms with van der Waals surface area (Å²) in [6.07, 6.45) is 0. The van der Waals surface area contributed by atoms with E-state index in [1.165, 1.54) is 18.2 Å². The third-order valence-electron chi connectivity index (χ3n) is 6.21. The molecule has 192 valence electrons. The van der Waals surface area contributed by atoms with Gasteiger partial charge in [0, 0.05) is 49.1 Å². The summed E-state index contributed by atoms with van der Waals surface area (Å²) in [6.45, 7) is 6.31. The molecule has 1 saturated heterocycles. The van der Waals surface area contributed by atoms with Crippen molar-refractivity contribution in [2.45, 2.75) is 13.8 Å². The van der Waals surface area contributed by atoms with Gasteiger partial charge in [0.1, 0.15) is 0 Å². The van der Waals surface area contributed by atoms with E-state index in [0.717, 1.165) is 11.3 Å². The second-order valence-electron chi connectivity index (χ2n) is 8.59. The molecule has 1 aliphatic heterocycles. The fourth-order valence-electron chi connectivity index (χ4n) is 4.26. The Hall–Kier alpha value is -4.11. The Morgan fingerprint density at radius 1 is 1.05 bits per heavy atom. The van der Waals surface area contributed by atoms with E-state index < -0.39 is 10.8 Å². The van der Waals surface area contributed by atoms with Crippen molar-refractivity contribution in [3.8, 4) is 5.75 Å². The van der Waals surface area contributed by atoms with Gasteiger partial charge < -0.3 is 19.9 Å². The van der Waals surface area contributed by atoms with E-state index in [9.17, 15) is 19.7 Å². The van der Waals surface area contributed by atoms with Gasteiger partial charge in [0.15, 0.2) is 5.75 Å². The Bertz CT molecular complexity index is 1340. The molecule has 0 radical (unpaired) electrons. The number of aryl methyl sites for hydroxylation is 1. The van der Waals surface area contributed by atoms with E-state index in [2.05, 4.69) is 10.2 Å². The van der Waals surface area contributed by atoms with E-state index >= 15 is 0 Å². The monoisotopic (exact) mass is 522 g/mol. The van der Waals surface area contributed by atoms with Crippen LogP contribution in [0.5, 0.6) is 5.75 Å². The molecule has 3 aromatic rings. The topological polar surface area (TPSA) is 105 Å².